The molecule has 4 nitrogen and oxygen atoms in total. The van der Waals surface area contributed by atoms with Gasteiger partial charge in [0, 0.05) is 0 Å². The van der Waals surface area contributed by atoms with E-state index in [1.165, 1.54) is 31.2 Å². The summed E-state index contributed by atoms with van der Waals surface area (Å²) in [6.07, 6.45) is -3.39. The highest BCUT2D eigenvalue weighted by molar-refractivity contribution is 9.10. The molecule has 32 heavy (non-hydrogen) atoms. The molecule has 1 aliphatic rings. The molecule has 0 spiro atoms. The molecule has 0 N–H and O–H groups in total. The van der Waals surface area contributed by atoms with E-state index in [0.717, 1.165) is 0 Å². The summed E-state index contributed by atoms with van der Waals surface area (Å²) in [6.45, 7) is -0.279. The van der Waals surface area contributed by atoms with Gasteiger partial charge in [0.2, 0.25) is 5.82 Å². The van der Waals surface area contributed by atoms with Crippen LogP contribution in [-0.4, -0.2) is 24.4 Å². The molecule has 0 unspecified atom stereocenters. The second kappa shape index (κ2) is 8.52. The molecule has 0 atom stereocenters. The van der Waals surface area contributed by atoms with Crippen molar-refractivity contribution in [2.45, 2.75) is 13.1 Å². The van der Waals surface area contributed by atoms with Crippen LogP contribution in [0.15, 0.2) is 33.3 Å². The highest BCUT2D eigenvalue weighted by Gasteiger charge is 2.37. The number of rotatable bonds is 4. The highest BCUT2D eigenvalue weighted by atomic mass is 79.9. The van der Waals surface area contributed by atoms with Gasteiger partial charge in [-0.25, -0.2) is 22.0 Å². The van der Waals surface area contributed by atoms with Gasteiger partial charge in [0.25, 0.3) is 5.91 Å². The van der Waals surface area contributed by atoms with Crippen molar-refractivity contribution in [2.24, 2.45) is 5.10 Å². The van der Waals surface area contributed by atoms with Gasteiger partial charge < -0.3 is 4.74 Å². The second-order valence-electron chi connectivity index (χ2n) is 6.37. The summed E-state index contributed by atoms with van der Waals surface area (Å²) in [6, 6.07) is 3.75. The van der Waals surface area contributed by atoms with Crippen LogP contribution in [0, 0.1) is 29.1 Å². The topological polar surface area (TPSA) is 41.9 Å². The average Bonchev–Trinajstić information content (AvgIpc) is 2.98. The molecule has 0 saturated heterocycles. The van der Waals surface area contributed by atoms with Crippen molar-refractivity contribution in [1.82, 2.24) is 0 Å². The quantitative estimate of drug-likeness (QED) is 0.215. The third kappa shape index (κ3) is 4.47. The number of carbonyl (C=O) groups excluding carboxylic acids is 1. The maximum Gasteiger partial charge on any atom is 0.422 e. The molecule has 0 aliphatic carbocycles. The number of hydrazone groups is 1. The predicted molar refractivity (Wildman–Crippen MR) is 100 cm³/mol. The minimum atomic E-state index is -4.56. The number of carbonyl (C=O) groups is 1. The van der Waals surface area contributed by atoms with Gasteiger partial charge in [0.15, 0.2) is 29.9 Å². The Hall–Kier alpha value is -2.96. The fourth-order valence-electron chi connectivity index (χ4n) is 2.67. The molecule has 0 radical (unpaired) electrons. The van der Waals surface area contributed by atoms with E-state index in [1.807, 2.05) is 0 Å². The lowest BCUT2D eigenvalue weighted by Crippen LogP contribution is -2.25. The number of halogens is 9. The van der Waals surface area contributed by atoms with Gasteiger partial charge in [-0.2, -0.15) is 23.3 Å². The fraction of sp³-hybridized carbons (Fsp3) is 0.158. The molecule has 1 heterocycles. The maximum atomic E-state index is 14.1. The van der Waals surface area contributed by atoms with Gasteiger partial charge in [-0.3, -0.25) is 4.79 Å². The van der Waals surface area contributed by atoms with Crippen LogP contribution < -0.4 is 9.75 Å². The van der Waals surface area contributed by atoms with E-state index in [1.54, 1.807) is 0 Å². The van der Waals surface area contributed by atoms with Gasteiger partial charge in [-0.05, 0) is 46.6 Å². The van der Waals surface area contributed by atoms with Crippen LogP contribution in [0.5, 0.6) is 5.75 Å². The van der Waals surface area contributed by atoms with Crippen LogP contribution in [0.1, 0.15) is 12.5 Å². The first-order chi connectivity index (χ1) is 14.8. The first-order valence-electron chi connectivity index (χ1n) is 8.44. The number of alkyl halides is 3. The Balaban J connectivity index is 1.94. The van der Waals surface area contributed by atoms with E-state index < -0.39 is 53.5 Å². The zero-order valence-corrected chi connectivity index (χ0v) is 17.2. The Morgan fingerprint density at radius 2 is 1.59 bits per heavy atom. The van der Waals surface area contributed by atoms with E-state index in [2.05, 4.69) is 25.8 Å². The van der Waals surface area contributed by atoms with Crippen LogP contribution in [0.4, 0.5) is 40.8 Å². The largest absolute Gasteiger partial charge is 0.483 e. The molecule has 3 rings (SSSR count). The number of anilines is 1. The smallest absolute Gasteiger partial charge is 0.422 e. The first kappa shape index (κ1) is 23.7. The van der Waals surface area contributed by atoms with Crippen molar-refractivity contribution in [3.8, 4) is 5.75 Å². The minimum Gasteiger partial charge on any atom is -0.483 e. The van der Waals surface area contributed by atoms with Crippen LogP contribution >= 0.6 is 15.9 Å². The van der Waals surface area contributed by atoms with Crippen molar-refractivity contribution < 1.29 is 44.7 Å². The Morgan fingerprint density at radius 3 is 2.12 bits per heavy atom. The van der Waals surface area contributed by atoms with Crippen LogP contribution in [0.25, 0.3) is 6.08 Å². The van der Waals surface area contributed by atoms with Gasteiger partial charge in [0.05, 0.1) is 15.8 Å². The van der Waals surface area contributed by atoms with Crippen molar-refractivity contribution >= 4 is 39.3 Å². The SMILES string of the molecule is CC1=NN(c2c(F)c(F)c(F)c(F)c2F)C(=O)/C1=C\c1ccc(OCC(F)(F)F)c(Br)c1. The van der Waals surface area contributed by atoms with Crippen LogP contribution in [0.3, 0.4) is 0 Å². The van der Waals surface area contributed by atoms with Crippen molar-refractivity contribution in [1.29, 1.82) is 0 Å². The average molecular weight is 529 g/mol. The second-order valence-corrected chi connectivity index (χ2v) is 7.23. The summed E-state index contributed by atoms with van der Waals surface area (Å²) in [5.41, 5.74) is -1.64. The maximum absolute atomic E-state index is 14.1. The third-order valence-electron chi connectivity index (χ3n) is 4.12. The fourth-order valence-corrected chi connectivity index (χ4v) is 3.18. The Labute approximate surface area is 182 Å². The Morgan fingerprint density at radius 1 is 1.03 bits per heavy atom. The number of hydrogen-bond donors (Lipinski definition) is 0. The monoisotopic (exact) mass is 528 g/mol. The van der Waals surface area contributed by atoms with Crippen molar-refractivity contribution in [3.05, 3.63) is 62.9 Å². The summed E-state index contributed by atoms with van der Waals surface area (Å²) in [7, 11) is 0. The molecular weight excluding hydrogens is 520 g/mol. The molecule has 1 amide bonds. The third-order valence-corrected chi connectivity index (χ3v) is 4.74. The summed E-state index contributed by atoms with van der Waals surface area (Å²) >= 11 is 3.02. The van der Waals surface area contributed by atoms with Gasteiger partial charge in [-0.15, -0.1) is 0 Å². The molecule has 2 aromatic rings. The molecule has 0 bridgehead atoms. The molecule has 170 valence electrons. The van der Waals surface area contributed by atoms with Gasteiger partial charge >= 0.3 is 6.18 Å². The molecule has 2 aromatic carbocycles. The molecule has 0 aromatic heterocycles. The number of amides is 1. The normalized spacial score (nSPS) is 15.6. The minimum absolute atomic E-state index is 0.0489. The number of nitrogens with zero attached hydrogens (tertiary/aromatic N) is 2. The molecule has 1 aliphatic heterocycles. The first-order valence-corrected chi connectivity index (χ1v) is 9.23. The van der Waals surface area contributed by atoms with E-state index in [0.29, 0.717) is 0 Å². The lowest BCUT2D eigenvalue weighted by molar-refractivity contribution is -0.153. The summed E-state index contributed by atoms with van der Waals surface area (Å²) < 4.78 is 110. The summed E-state index contributed by atoms with van der Waals surface area (Å²) in [4.78, 5) is 12.6. The van der Waals surface area contributed by atoms with E-state index in [4.69, 9.17) is 0 Å². The van der Waals surface area contributed by atoms with Crippen LogP contribution in [0.2, 0.25) is 0 Å². The number of hydrogen-bond acceptors (Lipinski definition) is 3. The molecule has 0 saturated carbocycles. The highest BCUT2D eigenvalue weighted by Crippen LogP contribution is 2.34. The van der Waals surface area contributed by atoms with Gasteiger partial charge in [-0.1, -0.05) is 6.07 Å². The van der Waals surface area contributed by atoms with E-state index in [-0.39, 0.29) is 32.1 Å². The van der Waals surface area contributed by atoms with Crippen molar-refractivity contribution in [3.63, 3.8) is 0 Å². The Kier molecular flexibility index (Phi) is 6.31. The molecular formula is C19H9BrF8N2O2. The standard InChI is InChI=1S/C19H9BrF8N2O2/c1-7-9(4-8-2-3-11(10(20)5-8)32-6-19(26,27)28)18(31)30(29-7)17-15(24)13(22)12(21)14(23)16(17)25/h2-5H,6H2,1H3/b9-4-. The van der Waals surface area contributed by atoms with Gasteiger partial charge in [0.1, 0.15) is 11.4 Å². The predicted octanol–water partition coefficient (Wildman–Crippen LogP) is 5.89. The van der Waals surface area contributed by atoms with Crippen LogP contribution in [-0.2, 0) is 4.79 Å². The Bertz CT molecular complexity index is 1150. The molecule has 13 heteroatoms. The zero-order chi connectivity index (χ0) is 24.0. The van der Waals surface area contributed by atoms with E-state index in [9.17, 15) is 39.9 Å². The zero-order valence-electron chi connectivity index (χ0n) is 15.6. The van der Waals surface area contributed by atoms with E-state index >= 15 is 0 Å². The van der Waals surface area contributed by atoms with Crippen molar-refractivity contribution in [2.75, 3.05) is 11.6 Å². The number of ether oxygens (including phenoxy) is 1. The summed E-state index contributed by atoms with van der Waals surface area (Å²) in [5.74, 6) is -12.7. The molecule has 0 fully saturated rings. The number of benzene rings is 2. The lowest BCUT2D eigenvalue weighted by atomic mass is 10.1. The lowest BCUT2D eigenvalue weighted by Gasteiger charge is -2.15. The summed E-state index contributed by atoms with van der Waals surface area (Å²) in [5, 5.41) is 3.63.